The third-order valence-corrected chi connectivity index (χ3v) is 3.79. The van der Waals surface area contributed by atoms with Crippen LogP contribution >= 0.6 is 11.6 Å². The Hall–Kier alpha value is -1.75. The monoisotopic (exact) mass is 296 g/mol. The van der Waals surface area contributed by atoms with Crippen LogP contribution in [-0.2, 0) is 4.79 Å². The third-order valence-electron chi connectivity index (χ3n) is 3.44. The molecule has 0 bridgehead atoms. The zero-order valence-corrected chi connectivity index (χ0v) is 11.9. The molecule has 0 spiro atoms. The van der Waals surface area contributed by atoms with Crippen molar-refractivity contribution < 1.29 is 14.7 Å². The van der Waals surface area contributed by atoms with E-state index in [-0.39, 0.29) is 6.03 Å². The van der Waals surface area contributed by atoms with Crippen molar-refractivity contribution in [3.05, 3.63) is 34.9 Å². The highest BCUT2D eigenvalue weighted by molar-refractivity contribution is 6.31. The van der Waals surface area contributed by atoms with Crippen molar-refractivity contribution in [2.45, 2.75) is 19.4 Å². The van der Waals surface area contributed by atoms with Crippen molar-refractivity contribution in [2.24, 2.45) is 5.92 Å². The maximum absolute atomic E-state index is 12.1. The summed E-state index contributed by atoms with van der Waals surface area (Å²) in [6, 6.07) is 5.13. The van der Waals surface area contributed by atoms with E-state index < -0.39 is 12.0 Å². The van der Waals surface area contributed by atoms with E-state index in [0.29, 0.717) is 29.6 Å². The van der Waals surface area contributed by atoms with Crippen LogP contribution in [0.2, 0.25) is 5.02 Å². The number of carboxylic acids is 1. The predicted molar refractivity (Wildman–Crippen MR) is 75.7 cm³/mol. The SMILES string of the molecule is CC1CCN(C(=O)N[C@@H](C(=O)O)c2ccccc2Cl)C1. The third kappa shape index (κ3) is 3.22. The Balaban J connectivity index is 2.13. The summed E-state index contributed by atoms with van der Waals surface area (Å²) in [6.45, 7) is 3.37. The topological polar surface area (TPSA) is 69.6 Å². The van der Waals surface area contributed by atoms with Crippen LogP contribution in [0.25, 0.3) is 0 Å². The molecule has 6 heteroatoms. The molecule has 1 unspecified atom stereocenters. The van der Waals surface area contributed by atoms with Gasteiger partial charge in [-0.25, -0.2) is 9.59 Å². The summed E-state index contributed by atoms with van der Waals surface area (Å²) in [5.41, 5.74) is 0.391. The van der Waals surface area contributed by atoms with Crippen molar-refractivity contribution in [1.29, 1.82) is 0 Å². The quantitative estimate of drug-likeness (QED) is 0.900. The van der Waals surface area contributed by atoms with Crippen LogP contribution in [0, 0.1) is 5.92 Å². The average molecular weight is 297 g/mol. The number of carbonyl (C=O) groups excluding carboxylic acids is 1. The molecule has 108 valence electrons. The van der Waals surface area contributed by atoms with Crippen LogP contribution in [0.3, 0.4) is 0 Å². The number of aliphatic carboxylic acids is 1. The van der Waals surface area contributed by atoms with Crippen molar-refractivity contribution in [2.75, 3.05) is 13.1 Å². The van der Waals surface area contributed by atoms with E-state index in [0.717, 1.165) is 6.42 Å². The fourth-order valence-electron chi connectivity index (χ4n) is 2.32. The van der Waals surface area contributed by atoms with Gasteiger partial charge in [0, 0.05) is 23.7 Å². The number of rotatable bonds is 3. The van der Waals surface area contributed by atoms with Gasteiger partial charge in [0.1, 0.15) is 0 Å². The fourth-order valence-corrected chi connectivity index (χ4v) is 2.56. The summed E-state index contributed by atoms with van der Waals surface area (Å²) in [4.78, 5) is 25.1. The summed E-state index contributed by atoms with van der Waals surface area (Å²) in [5, 5.41) is 12.2. The molecule has 1 aliphatic heterocycles. The van der Waals surface area contributed by atoms with Gasteiger partial charge in [0.15, 0.2) is 6.04 Å². The molecule has 1 heterocycles. The van der Waals surface area contributed by atoms with Crippen LogP contribution in [0.15, 0.2) is 24.3 Å². The standard InChI is InChI=1S/C14H17ClN2O3/c1-9-6-7-17(8-9)14(20)16-12(13(18)19)10-4-2-3-5-11(10)15/h2-5,9,12H,6-8H2,1H3,(H,16,20)(H,18,19)/t9?,12-/m1/s1. The van der Waals surface area contributed by atoms with Gasteiger partial charge >= 0.3 is 12.0 Å². The second kappa shape index (κ2) is 6.13. The number of benzene rings is 1. The van der Waals surface area contributed by atoms with E-state index in [1.54, 1.807) is 29.2 Å². The second-order valence-electron chi connectivity index (χ2n) is 5.08. The van der Waals surface area contributed by atoms with E-state index >= 15 is 0 Å². The smallest absolute Gasteiger partial charge is 0.331 e. The second-order valence-corrected chi connectivity index (χ2v) is 5.49. The lowest BCUT2D eigenvalue weighted by Crippen LogP contribution is -2.42. The molecule has 0 aliphatic carbocycles. The van der Waals surface area contributed by atoms with Gasteiger partial charge in [-0.1, -0.05) is 36.7 Å². The highest BCUT2D eigenvalue weighted by atomic mass is 35.5. The molecule has 0 saturated carbocycles. The maximum Gasteiger partial charge on any atom is 0.331 e. The van der Waals surface area contributed by atoms with Crippen molar-refractivity contribution in [1.82, 2.24) is 10.2 Å². The minimum atomic E-state index is -1.13. The zero-order valence-electron chi connectivity index (χ0n) is 11.2. The van der Waals surface area contributed by atoms with Crippen LogP contribution in [0.5, 0.6) is 0 Å². The Kier molecular flexibility index (Phi) is 4.49. The minimum absolute atomic E-state index is 0.329. The molecule has 1 saturated heterocycles. The van der Waals surface area contributed by atoms with Gasteiger partial charge < -0.3 is 15.3 Å². The number of halogens is 1. The first kappa shape index (κ1) is 14.7. The van der Waals surface area contributed by atoms with Crippen LogP contribution in [0.4, 0.5) is 4.79 Å². The van der Waals surface area contributed by atoms with E-state index in [2.05, 4.69) is 12.2 Å². The van der Waals surface area contributed by atoms with Crippen LogP contribution in [-0.4, -0.2) is 35.1 Å². The molecule has 1 aromatic carbocycles. The zero-order chi connectivity index (χ0) is 14.7. The number of hydrogen-bond donors (Lipinski definition) is 2. The van der Waals surface area contributed by atoms with E-state index in [9.17, 15) is 14.7 Å². The van der Waals surface area contributed by atoms with Gasteiger partial charge in [-0.3, -0.25) is 0 Å². The number of urea groups is 1. The number of hydrogen-bond acceptors (Lipinski definition) is 2. The van der Waals surface area contributed by atoms with E-state index in [4.69, 9.17) is 11.6 Å². The molecule has 2 rings (SSSR count). The Morgan fingerprint density at radius 1 is 1.45 bits per heavy atom. The first-order valence-electron chi connectivity index (χ1n) is 6.51. The van der Waals surface area contributed by atoms with Crippen molar-refractivity contribution >= 4 is 23.6 Å². The lowest BCUT2D eigenvalue weighted by Gasteiger charge is -2.21. The minimum Gasteiger partial charge on any atom is -0.479 e. The summed E-state index contributed by atoms with van der Waals surface area (Å²) in [6.07, 6.45) is 0.942. The number of carboxylic acid groups (broad SMARTS) is 1. The molecular formula is C14H17ClN2O3. The normalized spacial score (nSPS) is 19.7. The number of nitrogens with one attached hydrogen (secondary N) is 1. The lowest BCUT2D eigenvalue weighted by atomic mass is 10.1. The molecule has 2 amide bonds. The summed E-state index contributed by atoms with van der Waals surface area (Å²) in [5.74, 6) is -0.678. The Morgan fingerprint density at radius 3 is 2.70 bits per heavy atom. The largest absolute Gasteiger partial charge is 0.479 e. The summed E-state index contributed by atoms with van der Waals surface area (Å²) < 4.78 is 0. The molecule has 1 fully saturated rings. The number of nitrogens with zero attached hydrogens (tertiary/aromatic N) is 1. The molecule has 0 aromatic heterocycles. The number of carbonyl (C=O) groups is 2. The first-order chi connectivity index (χ1) is 9.49. The predicted octanol–water partition coefficient (Wildman–Crippen LogP) is 2.52. The van der Waals surface area contributed by atoms with E-state index in [1.165, 1.54) is 0 Å². The van der Waals surface area contributed by atoms with Gasteiger partial charge in [0.25, 0.3) is 0 Å². The molecule has 2 N–H and O–H groups in total. The molecule has 1 aromatic rings. The molecule has 2 atom stereocenters. The van der Waals surface area contributed by atoms with Crippen molar-refractivity contribution in [3.63, 3.8) is 0 Å². The highest BCUT2D eigenvalue weighted by Crippen LogP contribution is 2.24. The van der Waals surface area contributed by atoms with Crippen molar-refractivity contribution in [3.8, 4) is 0 Å². The summed E-state index contributed by atoms with van der Waals surface area (Å²) >= 11 is 6.00. The molecule has 5 nitrogen and oxygen atoms in total. The average Bonchev–Trinajstić information content (AvgIpc) is 2.83. The van der Waals surface area contributed by atoms with Gasteiger partial charge in [-0.05, 0) is 18.4 Å². The lowest BCUT2D eigenvalue weighted by molar-refractivity contribution is -0.139. The maximum atomic E-state index is 12.1. The number of amides is 2. The fraction of sp³-hybridized carbons (Fsp3) is 0.429. The van der Waals surface area contributed by atoms with Gasteiger partial charge in [0.05, 0.1) is 0 Å². The van der Waals surface area contributed by atoms with Gasteiger partial charge in [0.2, 0.25) is 0 Å². The number of likely N-dealkylation sites (tertiary alicyclic amines) is 1. The molecule has 20 heavy (non-hydrogen) atoms. The first-order valence-corrected chi connectivity index (χ1v) is 6.89. The van der Waals surface area contributed by atoms with Gasteiger partial charge in [-0.2, -0.15) is 0 Å². The van der Waals surface area contributed by atoms with Gasteiger partial charge in [-0.15, -0.1) is 0 Å². The Labute approximate surface area is 122 Å². The highest BCUT2D eigenvalue weighted by Gasteiger charge is 2.29. The van der Waals surface area contributed by atoms with Crippen LogP contribution in [0.1, 0.15) is 24.9 Å². The Bertz CT molecular complexity index is 521. The summed E-state index contributed by atoms with van der Waals surface area (Å²) in [7, 11) is 0. The molecular weight excluding hydrogens is 280 g/mol. The van der Waals surface area contributed by atoms with E-state index in [1.807, 2.05) is 0 Å². The Morgan fingerprint density at radius 2 is 2.15 bits per heavy atom. The molecule has 0 radical (unpaired) electrons. The van der Waals surface area contributed by atoms with Crippen LogP contribution < -0.4 is 5.32 Å². The molecule has 1 aliphatic rings.